The Morgan fingerprint density at radius 1 is 1.25 bits per heavy atom. The number of carbonyl (C=O) groups is 1. The minimum Gasteiger partial charge on any atom is -0.495 e. The largest absolute Gasteiger partial charge is 0.495 e. The summed E-state index contributed by atoms with van der Waals surface area (Å²) < 4.78 is 20.0. The van der Waals surface area contributed by atoms with Crippen molar-refractivity contribution in [2.75, 3.05) is 13.7 Å². The molecule has 0 bridgehead atoms. The van der Waals surface area contributed by atoms with Crippen LogP contribution in [0.3, 0.4) is 0 Å². The Kier molecular flexibility index (Phi) is 7.42. The monoisotopic (exact) mass is 512 g/mol. The highest BCUT2D eigenvalue weighted by Crippen LogP contribution is 2.30. The Balaban J connectivity index is 1.76. The molecular formula is C26H26ClFN4O4. The first-order valence-electron chi connectivity index (χ1n) is 11.4. The lowest BCUT2D eigenvalue weighted by molar-refractivity contribution is 0.0929. The fourth-order valence-corrected chi connectivity index (χ4v) is 4.46. The molecular weight excluding hydrogens is 487 g/mol. The molecule has 36 heavy (non-hydrogen) atoms. The molecule has 0 aliphatic rings. The number of rotatable bonds is 8. The number of methoxy groups -OCH3 is 1. The van der Waals surface area contributed by atoms with Gasteiger partial charge >= 0.3 is 0 Å². The van der Waals surface area contributed by atoms with E-state index in [0.717, 1.165) is 0 Å². The number of aliphatic hydroxyl groups is 1. The molecule has 1 atom stereocenters. The lowest BCUT2D eigenvalue weighted by Crippen LogP contribution is -2.29. The number of aliphatic hydroxyl groups excluding tert-OH is 1. The van der Waals surface area contributed by atoms with Crippen LogP contribution in [0.2, 0.25) is 5.02 Å². The van der Waals surface area contributed by atoms with Gasteiger partial charge in [-0.05, 0) is 48.2 Å². The number of nitrogens with zero attached hydrogens (tertiary/aromatic N) is 2. The van der Waals surface area contributed by atoms with Gasteiger partial charge in [0.15, 0.2) is 5.82 Å². The minimum atomic E-state index is -0.547. The molecule has 0 saturated carbocycles. The fraction of sp³-hybridized carbons (Fsp3) is 0.269. The van der Waals surface area contributed by atoms with E-state index in [9.17, 15) is 19.1 Å². The maximum atomic E-state index is 13.4. The van der Waals surface area contributed by atoms with E-state index in [1.807, 2.05) is 13.8 Å². The SMILES string of the molecule is COc1ccc(-c2nn3cc(C(=O)NC(CCO)c4ccc(F)cc4)c(C(C)C)c3c(=O)[nH]2)cc1Cl. The van der Waals surface area contributed by atoms with E-state index in [1.165, 1.54) is 30.0 Å². The number of H-pyrrole nitrogens is 1. The summed E-state index contributed by atoms with van der Waals surface area (Å²) in [7, 11) is 1.51. The normalized spacial score (nSPS) is 12.2. The third kappa shape index (κ3) is 4.98. The number of hydrogen-bond donors (Lipinski definition) is 3. The van der Waals surface area contributed by atoms with Crippen molar-refractivity contribution in [1.29, 1.82) is 0 Å². The summed E-state index contributed by atoms with van der Waals surface area (Å²) in [6.45, 7) is 3.59. The van der Waals surface area contributed by atoms with Gasteiger partial charge in [0.05, 0.1) is 23.7 Å². The van der Waals surface area contributed by atoms with Gasteiger partial charge in [-0.3, -0.25) is 9.59 Å². The molecule has 2 aromatic carbocycles. The van der Waals surface area contributed by atoms with Crippen LogP contribution in [-0.2, 0) is 0 Å². The third-order valence-corrected chi connectivity index (χ3v) is 6.22. The first kappa shape index (κ1) is 25.4. The number of aromatic amines is 1. The van der Waals surface area contributed by atoms with Crippen LogP contribution in [0.1, 0.15) is 53.7 Å². The van der Waals surface area contributed by atoms with Gasteiger partial charge in [-0.1, -0.05) is 37.6 Å². The average Bonchev–Trinajstić information content (AvgIpc) is 3.25. The second-order valence-electron chi connectivity index (χ2n) is 8.65. The van der Waals surface area contributed by atoms with Gasteiger partial charge in [0.2, 0.25) is 0 Å². The Hall–Kier alpha value is -3.69. The molecule has 0 aliphatic carbocycles. The summed E-state index contributed by atoms with van der Waals surface area (Å²) in [5.41, 5.74) is 1.92. The molecule has 8 nitrogen and oxygen atoms in total. The number of ether oxygens (including phenoxy) is 1. The summed E-state index contributed by atoms with van der Waals surface area (Å²) in [4.78, 5) is 29.3. The average molecular weight is 513 g/mol. The molecule has 4 aromatic rings. The van der Waals surface area contributed by atoms with Crippen molar-refractivity contribution >= 4 is 23.0 Å². The standard InChI is InChI=1S/C26H26ClFN4O4/c1-14(2)22-18(25(34)29-20(10-11-33)15-4-7-17(28)8-5-15)13-32-23(22)26(35)30-24(31-32)16-6-9-21(36-3)19(27)12-16/h4-9,12-14,20,33H,10-11H2,1-3H3,(H,29,34)(H,30,31,35). The number of benzene rings is 2. The quantitative estimate of drug-likeness (QED) is 0.323. The van der Waals surface area contributed by atoms with Gasteiger partial charge in [0, 0.05) is 23.9 Å². The molecule has 0 aliphatic heterocycles. The van der Waals surface area contributed by atoms with Gasteiger partial charge in [0.25, 0.3) is 11.5 Å². The summed E-state index contributed by atoms with van der Waals surface area (Å²) in [5, 5.41) is 17.3. The van der Waals surface area contributed by atoms with Crippen LogP contribution in [0.4, 0.5) is 4.39 Å². The van der Waals surface area contributed by atoms with E-state index < -0.39 is 23.3 Å². The Bertz CT molecular complexity index is 1460. The summed E-state index contributed by atoms with van der Waals surface area (Å²) in [6.07, 6.45) is 1.76. The number of amides is 1. The molecule has 0 fully saturated rings. The number of hydrogen-bond acceptors (Lipinski definition) is 5. The van der Waals surface area contributed by atoms with E-state index in [-0.39, 0.29) is 35.9 Å². The number of nitrogens with one attached hydrogen (secondary N) is 2. The number of fused-ring (bicyclic) bond motifs is 1. The summed E-state index contributed by atoms with van der Waals surface area (Å²) in [5.74, 6) is -0.224. The van der Waals surface area contributed by atoms with Crippen LogP contribution in [0.15, 0.2) is 53.5 Å². The highest BCUT2D eigenvalue weighted by atomic mass is 35.5. The molecule has 188 valence electrons. The summed E-state index contributed by atoms with van der Waals surface area (Å²) >= 11 is 6.24. The molecule has 2 aromatic heterocycles. The lowest BCUT2D eigenvalue weighted by atomic mass is 9.98. The zero-order chi connectivity index (χ0) is 26.0. The minimum absolute atomic E-state index is 0.165. The van der Waals surface area contributed by atoms with E-state index in [2.05, 4.69) is 15.4 Å². The van der Waals surface area contributed by atoms with Crippen LogP contribution in [-0.4, -0.2) is 39.3 Å². The number of halogens is 2. The molecule has 2 heterocycles. The summed E-state index contributed by atoms with van der Waals surface area (Å²) in [6, 6.07) is 10.2. The van der Waals surface area contributed by atoms with Gasteiger partial charge in [0.1, 0.15) is 17.1 Å². The van der Waals surface area contributed by atoms with Crippen molar-refractivity contribution in [2.24, 2.45) is 0 Å². The number of carbonyl (C=O) groups excluding carboxylic acids is 1. The third-order valence-electron chi connectivity index (χ3n) is 5.92. The van der Waals surface area contributed by atoms with E-state index >= 15 is 0 Å². The van der Waals surface area contributed by atoms with Crippen molar-refractivity contribution in [3.63, 3.8) is 0 Å². The zero-order valence-corrected chi connectivity index (χ0v) is 20.8. The van der Waals surface area contributed by atoms with Gasteiger partial charge < -0.3 is 20.1 Å². The van der Waals surface area contributed by atoms with Crippen LogP contribution >= 0.6 is 11.6 Å². The molecule has 0 radical (unpaired) electrons. The maximum absolute atomic E-state index is 13.4. The first-order chi connectivity index (χ1) is 17.2. The Morgan fingerprint density at radius 2 is 1.97 bits per heavy atom. The van der Waals surface area contributed by atoms with Crippen molar-refractivity contribution in [3.05, 3.63) is 86.5 Å². The highest BCUT2D eigenvalue weighted by Gasteiger charge is 2.25. The zero-order valence-electron chi connectivity index (χ0n) is 20.0. The van der Waals surface area contributed by atoms with Crippen molar-refractivity contribution < 1.29 is 19.0 Å². The van der Waals surface area contributed by atoms with E-state index in [4.69, 9.17) is 16.3 Å². The van der Waals surface area contributed by atoms with E-state index in [0.29, 0.717) is 27.5 Å². The van der Waals surface area contributed by atoms with Crippen molar-refractivity contribution in [1.82, 2.24) is 19.9 Å². The Labute approximate surface area is 211 Å². The smallest absolute Gasteiger partial charge is 0.275 e. The second-order valence-corrected chi connectivity index (χ2v) is 9.05. The molecule has 1 amide bonds. The number of aromatic nitrogens is 3. The van der Waals surface area contributed by atoms with Crippen molar-refractivity contribution in [2.45, 2.75) is 32.2 Å². The molecule has 4 rings (SSSR count). The predicted octanol–water partition coefficient (Wildman–Crippen LogP) is 4.47. The predicted molar refractivity (Wildman–Crippen MR) is 135 cm³/mol. The molecule has 0 saturated heterocycles. The Morgan fingerprint density at radius 3 is 2.58 bits per heavy atom. The lowest BCUT2D eigenvalue weighted by Gasteiger charge is -2.19. The van der Waals surface area contributed by atoms with Crippen LogP contribution in [0.25, 0.3) is 16.9 Å². The molecule has 3 N–H and O–H groups in total. The molecule has 1 unspecified atom stereocenters. The van der Waals surface area contributed by atoms with E-state index in [1.54, 1.807) is 30.3 Å². The highest BCUT2D eigenvalue weighted by molar-refractivity contribution is 6.32. The van der Waals surface area contributed by atoms with Crippen LogP contribution in [0, 0.1) is 5.82 Å². The van der Waals surface area contributed by atoms with Gasteiger partial charge in [-0.15, -0.1) is 5.10 Å². The second kappa shape index (κ2) is 10.5. The van der Waals surface area contributed by atoms with Crippen LogP contribution < -0.4 is 15.6 Å². The van der Waals surface area contributed by atoms with Crippen LogP contribution in [0.5, 0.6) is 5.75 Å². The van der Waals surface area contributed by atoms with Gasteiger partial charge in [-0.2, -0.15) is 0 Å². The molecule has 0 spiro atoms. The van der Waals surface area contributed by atoms with Crippen molar-refractivity contribution in [3.8, 4) is 17.1 Å². The maximum Gasteiger partial charge on any atom is 0.275 e. The molecule has 10 heteroatoms. The van der Waals surface area contributed by atoms with Gasteiger partial charge in [-0.25, -0.2) is 8.91 Å². The topological polar surface area (TPSA) is 109 Å². The fourth-order valence-electron chi connectivity index (χ4n) is 4.20. The first-order valence-corrected chi connectivity index (χ1v) is 11.8.